The Morgan fingerprint density at radius 1 is 1.18 bits per heavy atom. The number of benzene rings is 1. The highest BCUT2D eigenvalue weighted by molar-refractivity contribution is 5.45. The molecule has 2 aliphatic heterocycles. The molecule has 0 aliphatic carbocycles. The molecule has 3 nitrogen and oxygen atoms in total. The molecule has 1 atom stereocenters. The van der Waals surface area contributed by atoms with Gasteiger partial charge in [0, 0.05) is 19.0 Å². The van der Waals surface area contributed by atoms with Gasteiger partial charge in [-0.25, -0.2) is 0 Å². The fraction of sp³-hybridized carbons (Fsp3) is 0.571. The minimum absolute atomic E-state index is 0.309. The number of fused-ring (bicyclic) bond motifs is 1. The number of rotatable bonds is 1. The van der Waals surface area contributed by atoms with E-state index in [1.54, 1.807) is 0 Å². The summed E-state index contributed by atoms with van der Waals surface area (Å²) < 4.78 is 11.2. The molecule has 3 heteroatoms. The van der Waals surface area contributed by atoms with Crippen molar-refractivity contribution in [2.24, 2.45) is 5.41 Å². The highest BCUT2D eigenvalue weighted by Crippen LogP contribution is 2.41. The maximum Gasteiger partial charge on any atom is 0.161 e. The van der Waals surface area contributed by atoms with E-state index < -0.39 is 0 Å². The second kappa shape index (κ2) is 3.91. The first-order valence-electron chi connectivity index (χ1n) is 6.27. The van der Waals surface area contributed by atoms with E-state index in [0.717, 1.165) is 24.6 Å². The number of nitrogens with one attached hydrogen (secondary N) is 1. The Morgan fingerprint density at radius 3 is 2.65 bits per heavy atom. The SMILES string of the molecule is CC1(C)CNCC1c1ccc2c(c1)OCCO2. The average molecular weight is 233 g/mol. The monoisotopic (exact) mass is 233 g/mol. The second-order valence-electron chi connectivity index (χ2n) is 5.58. The van der Waals surface area contributed by atoms with E-state index in [0.29, 0.717) is 24.5 Å². The first-order valence-corrected chi connectivity index (χ1v) is 6.27. The van der Waals surface area contributed by atoms with Crippen molar-refractivity contribution in [3.05, 3.63) is 23.8 Å². The normalized spacial score (nSPS) is 25.9. The van der Waals surface area contributed by atoms with Gasteiger partial charge in [0.05, 0.1) is 0 Å². The fourth-order valence-corrected chi connectivity index (χ4v) is 2.78. The Kier molecular flexibility index (Phi) is 2.51. The van der Waals surface area contributed by atoms with Crippen LogP contribution in [0.4, 0.5) is 0 Å². The first-order chi connectivity index (χ1) is 8.17. The molecule has 3 rings (SSSR count). The molecule has 17 heavy (non-hydrogen) atoms. The van der Waals surface area contributed by atoms with Gasteiger partial charge in [0.15, 0.2) is 11.5 Å². The van der Waals surface area contributed by atoms with E-state index in [1.807, 2.05) is 6.07 Å². The maximum atomic E-state index is 5.65. The summed E-state index contributed by atoms with van der Waals surface area (Å²) in [7, 11) is 0. The fourth-order valence-electron chi connectivity index (χ4n) is 2.78. The van der Waals surface area contributed by atoms with Crippen LogP contribution in [0.25, 0.3) is 0 Å². The number of hydrogen-bond acceptors (Lipinski definition) is 3. The van der Waals surface area contributed by atoms with Crippen LogP contribution in [0.1, 0.15) is 25.3 Å². The van der Waals surface area contributed by atoms with Gasteiger partial charge in [-0.05, 0) is 23.1 Å². The summed E-state index contributed by atoms with van der Waals surface area (Å²) in [5.74, 6) is 2.33. The van der Waals surface area contributed by atoms with Crippen LogP contribution >= 0.6 is 0 Å². The lowest BCUT2D eigenvalue weighted by Gasteiger charge is -2.27. The number of ether oxygens (including phenoxy) is 2. The van der Waals surface area contributed by atoms with Crippen LogP contribution in [-0.4, -0.2) is 26.3 Å². The molecular formula is C14H19NO2. The zero-order valence-corrected chi connectivity index (χ0v) is 10.5. The van der Waals surface area contributed by atoms with Gasteiger partial charge >= 0.3 is 0 Å². The van der Waals surface area contributed by atoms with Gasteiger partial charge in [-0.3, -0.25) is 0 Å². The van der Waals surface area contributed by atoms with E-state index in [1.165, 1.54) is 5.56 Å². The molecule has 1 fully saturated rings. The van der Waals surface area contributed by atoms with E-state index in [9.17, 15) is 0 Å². The second-order valence-corrected chi connectivity index (χ2v) is 5.58. The zero-order valence-electron chi connectivity index (χ0n) is 10.5. The van der Waals surface area contributed by atoms with Gasteiger partial charge < -0.3 is 14.8 Å². The summed E-state index contributed by atoms with van der Waals surface area (Å²) in [4.78, 5) is 0. The summed E-state index contributed by atoms with van der Waals surface area (Å²) in [6.45, 7) is 8.06. The van der Waals surface area contributed by atoms with Crippen LogP contribution in [0.3, 0.4) is 0 Å². The molecule has 2 aliphatic rings. The summed E-state index contributed by atoms with van der Waals surface area (Å²) >= 11 is 0. The van der Waals surface area contributed by atoms with Crippen molar-refractivity contribution in [3.8, 4) is 11.5 Å². The van der Waals surface area contributed by atoms with Crippen molar-refractivity contribution in [1.29, 1.82) is 0 Å². The third kappa shape index (κ3) is 1.89. The average Bonchev–Trinajstić information content (AvgIpc) is 2.68. The van der Waals surface area contributed by atoms with Crippen molar-refractivity contribution in [2.75, 3.05) is 26.3 Å². The molecule has 92 valence electrons. The maximum absolute atomic E-state index is 5.65. The Morgan fingerprint density at radius 2 is 1.94 bits per heavy atom. The standard InChI is InChI=1S/C14H19NO2/c1-14(2)9-15-8-11(14)10-3-4-12-13(7-10)17-6-5-16-12/h3-4,7,11,15H,5-6,8-9H2,1-2H3. The minimum atomic E-state index is 0.309. The lowest BCUT2D eigenvalue weighted by atomic mass is 9.78. The van der Waals surface area contributed by atoms with Crippen LogP contribution in [0.2, 0.25) is 0 Å². The van der Waals surface area contributed by atoms with Crippen molar-refractivity contribution >= 4 is 0 Å². The smallest absolute Gasteiger partial charge is 0.161 e. The lowest BCUT2D eigenvalue weighted by Crippen LogP contribution is -2.21. The predicted molar refractivity (Wildman–Crippen MR) is 66.8 cm³/mol. The van der Waals surface area contributed by atoms with Gasteiger partial charge in [0.2, 0.25) is 0 Å². The third-order valence-corrected chi connectivity index (χ3v) is 3.84. The molecule has 2 heterocycles. The van der Waals surface area contributed by atoms with E-state index in [4.69, 9.17) is 9.47 Å². The predicted octanol–water partition coefficient (Wildman–Crippen LogP) is 2.17. The Hall–Kier alpha value is -1.22. The molecular weight excluding hydrogens is 214 g/mol. The molecule has 0 bridgehead atoms. The lowest BCUT2D eigenvalue weighted by molar-refractivity contribution is 0.171. The van der Waals surface area contributed by atoms with Gasteiger partial charge in [0.1, 0.15) is 13.2 Å². The van der Waals surface area contributed by atoms with E-state index in [2.05, 4.69) is 31.3 Å². The van der Waals surface area contributed by atoms with Crippen LogP contribution < -0.4 is 14.8 Å². The van der Waals surface area contributed by atoms with Crippen LogP contribution in [0.5, 0.6) is 11.5 Å². The van der Waals surface area contributed by atoms with Crippen LogP contribution in [0.15, 0.2) is 18.2 Å². The van der Waals surface area contributed by atoms with Crippen molar-refractivity contribution in [2.45, 2.75) is 19.8 Å². The number of hydrogen-bond donors (Lipinski definition) is 1. The summed E-state index contributed by atoms with van der Waals surface area (Å²) in [5.41, 5.74) is 1.66. The van der Waals surface area contributed by atoms with Crippen LogP contribution in [-0.2, 0) is 0 Å². The van der Waals surface area contributed by atoms with Crippen molar-refractivity contribution in [1.82, 2.24) is 5.32 Å². The van der Waals surface area contributed by atoms with Gasteiger partial charge in [-0.2, -0.15) is 0 Å². The third-order valence-electron chi connectivity index (χ3n) is 3.84. The van der Waals surface area contributed by atoms with Gasteiger partial charge in [0.25, 0.3) is 0 Å². The van der Waals surface area contributed by atoms with Crippen LogP contribution in [0, 0.1) is 5.41 Å². The Balaban J connectivity index is 1.93. The van der Waals surface area contributed by atoms with Gasteiger partial charge in [-0.1, -0.05) is 19.9 Å². The molecule has 0 aromatic heterocycles. The topological polar surface area (TPSA) is 30.5 Å². The molecule has 0 radical (unpaired) electrons. The molecule has 0 spiro atoms. The summed E-state index contributed by atoms with van der Waals surface area (Å²) in [6, 6.07) is 6.36. The molecule has 0 saturated carbocycles. The Labute approximate surface area is 102 Å². The molecule has 1 N–H and O–H groups in total. The highest BCUT2D eigenvalue weighted by atomic mass is 16.6. The first kappa shape index (κ1) is 10.9. The van der Waals surface area contributed by atoms with E-state index >= 15 is 0 Å². The molecule has 0 amide bonds. The van der Waals surface area contributed by atoms with E-state index in [-0.39, 0.29) is 0 Å². The quantitative estimate of drug-likeness (QED) is 0.806. The highest BCUT2D eigenvalue weighted by Gasteiger charge is 2.35. The Bertz CT molecular complexity index is 428. The molecule has 1 unspecified atom stereocenters. The van der Waals surface area contributed by atoms with Gasteiger partial charge in [-0.15, -0.1) is 0 Å². The molecule has 1 aromatic rings. The minimum Gasteiger partial charge on any atom is -0.486 e. The molecule has 1 saturated heterocycles. The zero-order chi connectivity index (χ0) is 11.9. The largest absolute Gasteiger partial charge is 0.486 e. The summed E-state index contributed by atoms with van der Waals surface area (Å²) in [6.07, 6.45) is 0. The van der Waals surface area contributed by atoms with Crippen molar-refractivity contribution in [3.63, 3.8) is 0 Å². The van der Waals surface area contributed by atoms with Crippen molar-refractivity contribution < 1.29 is 9.47 Å². The molecule has 1 aromatic carbocycles. The summed E-state index contributed by atoms with van der Waals surface area (Å²) in [5, 5.41) is 3.47.